The van der Waals surface area contributed by atoms with Crippen molar-refractivity contribution in [1.29, 1.82) is 0 Å². The Hall–Kier alpha value is -1.35. The molecule has 0 atom stereocenters. The molecule has 1 aromatic carbocycles. The van der Waals surface area contributed by atoms with Crippen LogP contribution in [0.2, 0.25) is 5.02 Å². The molecule has 0 saturated heterocycles. The number of rotatable bonds is 2. The highest BCUT2D eigenvalue weighted by Crippen LogP contribution is 2.17. The molecule has 1 N–H and O–H groups in total. The number of carbonyl (C=O) groups is 1. The predicted octanol–water partition coefficient (Wildman–Crippen LogP) is 3.38. The second kappa shape index (κ2) is 4.94. The molecule has 1 aromatic rings. The van der Waals surface area contributed by atoms with E-state index in [4.69, 9.17) is 11.6 Å². The molecule has 0 aliphatic heterocycles. The molecule has 0 heterocycles. The van der Waals surface area contributed by atoms with Gasteiger partial charge in [0.1, 0.15) is 5.82 Å². The van der Waals surface area contributed by atoms with Crippen molar-refractivity contribution in [2.75, 3.05) is 5.32 Å². The Bertz CT molecular complexity index is 391. The fourth-order valence-corrected chi connectivity index (χ4v) is 1.29. The molecule has 0 radical (unpaired) electrons. The van der Waals surface area contributed by atoms with Crippen molar-refractivity contribution in [3.05, 3.63) is 40.7 Å². The van der Waals surface area contributed by atoms with Crippen molar-refractivity contribution >= 4 is 23.2 Å². The number of halogens is 2. The largest absolute Gasteiger partial charge is 0.322 e. The molecule has 0 aliphatic rings. The third-order valence-electron chi connectivity index (χ3n) is 1.55. The Kier molecular flexibility index (Phi) is 3.86. The molecule has 0 bridgehead atoms. The van der Waals surface area contributed by atoms with Crippen LogP contribution in [-0.2, 0) is 4.79 Å². The van der Waals surface area contributed by atoms with Crippen LogP contribution in [0.1, 0.15) is 13.8 Å². The summed E-state index contributed by atoms with van der Waals surface area (Å²) in [4.78, 5) is 11.3. The molecule has 0 fully saturated rings. The summed E-state index contributed by atoms with van der Waals surface area (Å²) in [5.74, 6) is -0.772. The summed E-state index contributed by atoms with van der Waals surface area (Å²) in [6.07, 6.45) is 1.43. The number of hydrogen-bond donors (Lipinski definition) is 1. The minimum absolute atomic E-state index is 0.252. The zero-order valence-corrected chi connectivity index (χ0v) is 9.23. The van der Waals surface area contributed by atoms with E-state index in [0.29, 0.717) is 5.69 Å². The van der Waals surface area contributed by atoms with Crippen LogP contribution in [0, 0.1) is 5.82 Å². The first-order valence-corrected chi connectivity index (χ1v) is 4.77. The maximum Gasteiger partial charge on any atom is 0.248 e. The average molecular weight is 228 g/mol. The van der Waals surface area contributed by atoms with Gasteiger partial charge in [-0.1, -0.05) is 17.2 Å². The van der Waals surface area contributed by atoms with Crippen molar-refractivity contribution in [3.63, 3.8) is 0 Å². The highest BCUT2D eigenvalue weighted by molar-refractivity contribution is 6.30. The van der Waals surface area contributed by atoms with Crippen LogP contribution in [0.15, 0.2) is 29.8 Å². The zero-order chi connectivity index (χ0) is 11.4. The zero-order valence-electron chi connectivity index (χ0n) is 8.47. The van der Waals surface area contributed by atoms with Gasteiger partial charge in [-0.25, -0.2) is 4.39 Å². The molecule has 0 unspecified atom stereocenters. The highest BCUT2D eigenvalue weighted by Gasteiger charge is 2.02. The van der Waals surface area contributed by atoms with Gasteiger partial charge >= 0.3 is 0 Å². The van der Waals surface area contributed by atoms with E-state index in [1.165, 1.54) is 24.3 Å². The molecule has 4 heteroatoms. The van der Waals surface area contributed by atoms with Crippen molar-refractivity contribution in [3.8, 4) is 0 Å². The summed E-state index contributed by atoms with van der Waals surface area (Å²) in [5, 5.41) is 2.77. The van der Waals surface area contributed by atoms with Gasteiger partial charge in [0.25, 0.3) is 0 Å². The van der Waals surface area contributed by atoms with Gasteiger partial charge in [0, 0.05) is 16.8 Å². The normalized spacial score (nSPS) is 9.60. The summed E-state index contributed by atoms with van der Waals surface area (Å²) in [6, 6.07) is 3.88. The molecule has 80 valence electrons. The summed E-state index contributed by atoms with van der Waals surface area (Å²) in [7, 11) is 0. The summed E-state index contributed by atoms with van der Waals surface area (Å²) < 4.78 is 12.9. The molecule has 1 amide bonds. The maximum atomic E-state index is 12.9. The van der Waals surface area contributed by atoms with Gasteiger partial charge in [-0.3, -0.25) is 4.79 Å². The van der Waals surface area contributed by atoms with Gasteiger partial charge in [0.15, 0.2) is 0 Å². The number of carbonyl (C=O) groups excluding carboxylic acids is 1. The second-order valence-electron chi connectivity index (χ2n) is 3.37. The number of benzene rings is 1. The lowest BCUT2D eigenvalue weighted by molar-refractivity contribution is -0.111. The van der Waals surface area contributed by atoms with E-state index in [9.17, 15) is 9.18 Å². The molecule has 0 spiro atoms. The monoisotopic (exact) mass is 227 g/mol. The van der Waals surface area contributed by atoms with Crippen LogP contribution in [0.25, 0.3) is 0 Å². The number of hydrogen-bond acceptors (Lipinski definition) is 1. The third kappa shape index (κ3) is 4.13. The van der Waals surface area contributed by atoms with E-state index < -0.39 is 5.82 Å². The Morgan fingerprint density at radius 2 is 2.07 bits per heavy atom. The smallest absolute Gasteiger partial charge is 0.248 e. The number of nitrogens with one attached hydrogen (secondary N) is 1. The van der Waals surface area contributed by atoms with Gasteiger partial charge in [-0.05, 0) is 32.0 Å². The average Bonchev–Trinajstić information content (AvgIpc) is 1.98. The number of allylic oxidation sites excluding steroid dienone is 1. The topological polar surface area (TPSA) is 29.1 Å². The second-order valence-corrected chi connectivity index (χ2v) is 3.81. The van der Waals surface area contributed by atoms with Gasteiger partial charge < -0.3 is 5.32 Å². The van der Waals surface area contributed by atoms with Gasteiger partial charge in [0.2, 0.25) is 5.91 Å². The molecule has 0 saturated carbocycles. The van der Waals surface area contributed by atoms with Crippen molar-refractivity contribution in [1.82, 2.24) is 0 Å². The van der Waals surface area contributed by atoms with E-state index in [1.54, 1.807) is 13.8 Å². The third-order valence-corrected chi connectivity index (χ3v) is 1.77. The van der Waals surface area contributed by atoms with Gasteiger partial charge in [-0.2, -0.15) is 0 Å². The lowest BCUT2D eigenvalue weighted by Crippen LogP contribution is -2.08. The van der Waals surface area contributed by atoms with E-state index in [2.05, 4.69) is 5.32 Å². The number of amides is 1. The van der Waals surface area contributed by atoms with Gasteiger partial charge in [-0.15, -0.1) is 0 Å². The predicted molar refractivity (Wildman–Crippen MR) is 59.5 cm³/mol. The fourth-order valence-electron chi connectivity index (χ4n) is 1.07. The van der Waals surface area contributed by atoms with E-state index >= 15 is 0 Å². The van der Waals surface area contributed by atoms with Crippen molar-refractivity contribution in [2.24, 2.45) is 0 Å². The van der Waals surface area contributed by atoms with E-state index in [1.807, 2.05) is 0 Å². The van der Waals surface area contributed by atoms with Crippen molar-refractivity contribution in [2.45, 2.75) is 13.8 Å². The SMILES string of the molecule is CC(C)=CC(=O)Nc1cc(F)cc(Cl)c1. The molecular formula is C11H11ClFNO. The quantitative estimate of drug-likeness (QED) is 0.771. The lowest BCUT2D eigenvalue weighted by Gasteiger charge is -2.03. The van der Waals surface area contributed by atoms with Crippen LogP contribution in [0.4, 0.5) is 10.1 Å². The van der Waals surface area contributed by atoms with Crippen molar-refractivity contribution < 1.29 is 9.18 Å². The fraction of sp³-hybridized carbons (Fsp3) is 0.182. The summed E-state index contributed by atoms with van der Waals surface area (Å²) in [6.45, 7) is 3.61. The molecule has 0 aliphatic carbocycles. The van der Waals surface area contributed by atoms with Gasteiger partial charge in [0.05, 0.1) is 0 Å². The standard InChI is InChI=1S/C11H11ClFNO/c1-7(2)3-11(15)14-10-5-8(12)4-9(13)6-10/h3-6H,1-2H3,(H,14,15). The maximum absolute atomic E-state index is 12.9. The molecular weight excluding hydrogens is 217 g/mol. The summed E-state index contributed by atoms with van der Waals surface area (Å²) in [5.41, 5.74) is 1.22. The highest BCUT2D eigenvalue weighted by atomic mass is 35.5. The first-order chi connectivity index (χ1) is 6.97. The Labute approximate surface area is 92.7 Å². The Morgan fingerprint density at radius 1 is 1.40 bits per heavy atom. The number of anilines is 1. The van der Waals surface area contributed by atoms with Crippen LogP contribution in [0.5, 0.6) is 0 Å². The Balaban J connectivity index is 2.81. The first-order valence-electron chi connectivity index (χ1n) is 4.39. The lowest BCUT2D eigenvalue weighted by atomic mass is 10.3. The first kappa shape index (κ1) is 11.7. The minimum atomic E-state index is -0.477. The molecule has 1 rings (SSSR count). The van der Waals surface area contributed by atoms with Crippen LogP contribution < -0.4 is 5.32 Å². The summed E-state index contributed by atoms with van der Waals surface area (Å²) >= 11 is 5.63. The van der Waals surface area contributed by atoms with E-state index in [0.717, 1.165) is 5.57 Å². The minimum Gasteiger partial charge on any atom is -0.322 e. The van der Waals surface area contributed by atoms with E-state index in [-0.39, 0.29) is 10.9 Å². The Morgan fingerprint density at radius 3 is 2.60 bits per heavy atom. The molecule has 2 nitrogen and oxygen atoms in total. The van der Waals surface area contributed by atoms with Crippen LogP contribution >= 0.6 is 11.6 Å². The van der Waals surface area contributed by atoms with Crippen LogP contribution in [0.3, 0.4) is 0 Å². The molecule has 15 heavy (non-hydrogen) atoms. The molecule has 0 aromatic heterocycles. The van der Waals surface area contributed by atoms with Crippen LogP contribution in [-0.4, -0.2) is 5.91 Å².